The second-order valence-electron chi connectivity index (χ2n) is 6.92. The lowest BCUT2D eigenvalue weighted by atomic mass is 10.0. The Balaban J connectivity index is 1.60. The summed E-state index contributed by atoms with van der Waals surface area (Å²) in [6, 6.07) is 5.30. The smallest absolute Gasteiger partial charge is 0.250 e. The first-order valence-electron chi connectivity index (χ1n) is 9.97. The average Bonchev–Trinajstić information content (AvgIpc) is 3.13. The van der Waals surface area contributed by atoms with E-state index in [9.17, 15) is 4.79 Å². The summed E-state index contributed by atoms with van der Waals surface area (Å²) >= 11 is 0. The minimum absolute atomic E-state index is 0.0765. The Hall–Kier alpha value is -1.78. The Kier molecular flexibility index (Phi) is 9.16. The van der Waals surface area contributed by atoms with Gasteiger partial charge < -0.3 is 15.2 Å². The summed E-state index contributed by atoms with van der Waals surface area (Å²) < 4.78 is 1.77. The topological polar surface area (TPSA) is 58.4 Å². The SMILES string of the molecule is CCNC(=NCCCC1CCCC1)NCCCCn1ccccc1=O. The molecule has 0 spiro atoms. The molecule has 1 aromatic heterocycles. The molecule has 25 heavy (non-hydrogen) atoms. The zero-order valence-corrected chi connectivity index (χ0v) is 15.7. The van der Waals surface area contributed by atoms with E-state index in [1.807, 2.05) is 12.3 Å². The molecule has 2 rings (SSSR count). The predicted molar refractivity (Wildman–Crippen MR) is 105 cm³/mol. The third-order valence-corrected chi connectivity index (χ3v) is 4.88. The van der Waals surface area contributed by atoms with E-state index >= 15 is 0 Å². The van der Waals surface area contributed by atoms with E-state index in [4.69, 9.17) is 0 Å². The van der Waals surface area contributed by atoms with Gasteiger partial charge in [-0.25, -0.2) is 0 Å². The van der Waals surface area contributed by atoms with Crippen molar-refractivity contribution in [2.24, 2.45) is 10.9 Å². The number of pyridine rings is 1. The van der Waals surface area contributed by atoms with Crippen molar-refractivity contribution in [3.05, 3.63) is 34.7 Å². The van der Waals surface area contributed by atoms with Gasteiger partial charge in [-0.3, -0.25) is 9.79 Å². The molecule has 2 N–H and O–H groups in total. The predicted octanol–water partition coefficient (Wildman–Crippen LogP) is 3.15. The average molecular weight is 347 g/mol. The molecule has 1 fully saturated rings. The van der Waals surface area contributed by atoms with Crippen LogP contribution < -0.4 is 16.2 Å². The molecular weight excluding hydrogens is 312 g/mol. The first-order chi connectivity index (χ1) is 12.3. The molecule has 0 radical (unpaired) electrons. The Morgan fingerprint density at radius 2 is 2.04 bits per heavy atom. The second kappa shape index (κ2) is 11.7. The number of aryl methyl sites for hydroxylation is 1. The van der Waals surface area contributed by atoms with Crippen LogP contribution in [0.1, 0.15) is 58.3 Å². The maximum absolute atomic E-state index is 11.6. The Labute approximate surface area is 151 Å². The third kappa shape index (κ3) is 7.76. The molecule has 1 saturated carbocycles. The molecule has 0 aromatic carbocycles. The van der Waals surface area contributed by atoms with Crippen molar-refractivity contribution in [2.75, 3.05) is 19.6 Å². The lowest BCUT2D eigenvalue weighted by molar-refractivity contribution is 0.487. The van der Waals surface area contributed by atoms with Gasteiger partial charge in [-0.2, -0.15) is 0 Å². The number of guanidine groups is 1. The van der Waals surface area contributed by atoms with Crippen molar-refractivity contribution in [1.82, 2.24) is 15.2 Å². The summed E-state index contributed by atoms with van der Waals surface area (Å²) in [6.07, 6.45) is 12.1. The Bertz CT molecular complexity index is 561. The van der Waals surface area contributed by atoms with Crippen LogP contribution in [0.15, 0.2) is 34.2 Å². The Morgan fingerprint density at radius 3 is 2.80 bits per heavy atom. The van der Waals surface area contributed by atoms with Gasteiger partial charge in [0.25, 0.3) is 0 Å². The maximum Gasteiger partial charge on any atom is 0.250 e. The van der Waals surface area contributed by atoms with Gasteiger partial charge in [0.15, 0.2) is 5.96 Å². The van der Waals surface area contributed by atoms with Crippen LogP contribution in [-0.2, 0) is 6.54 Å². The molecular formula is C20H34N4O. The summed E-state index contributed by atoms with van der Waals surface area (Å²) in [5.41, 5.74) is 0.0765. The number of nitrogens with one attached hydrogen (secondary N) is 2. The van der Waals surface area contributed by atoms with Crippen molar-refractivity contribution >= 4 is 5.96 Å². The summed E-state index contributed by atoms with van der Waals surface area (Å²) in [4.78, 5) is 16.3. The van der Waals surface area contributed by atoms with Crippen LogP contribution in [0.4, 0.5) is 0 Å². The molecule has 0 aliphatic heterocycles. The standard InChI is InChI=1S/C20H34N4O/c1-2-21-20(23-15-9-12-18-10-3-4-11-18)22-14-6-8-17-24-16-7-5-13-19(24)25/h5,7,13,16,18H,2-4,6,8-12,14-15,17H2,1H3,(H2,21,22,23). The van der Waals surface area contributed by atoms with Crippen LogP contribution >= 0.6 is 0 Å². The molecule has 1 aliphatic carbocycles. The van der Waals surface area contributed by atoms with Crippen LogP contribution in [0, 0.1) is 5.92 Å². The highest BCUT2D eigenvalue weighted by Gasteiger charge is 2.13. The van der Waals surface area contributed by atoms with Crippen molar-refractivity contribution in [3.63, 3.8) is 0 Å². The summed E-state index contributed by atoms with van der Waals surface area (Å²) in [6.45, 7) is 5.54. The Morgan fingerprint density at radius 1 is 1.20 bits per heavy atom. The zero-order valence-electron chi connectivity index (χ0n) is 15.7. The highest BCUT2D eigenvalue weighted by Crippen LogP contribution is 2.28. The van der Waals surface area contributed by atoms with Crippen LogP contribution in [0.25, 0.3) is 0 Å². The van der Waals surface area contributed by atoms with Crippen LogP contribution in [-0.4, -0.2) is 30.2 Å². The number of hydrogen-bond donors (Lipinski definition) is 2. The molecule has 5 heteroatoms. The number of nitrogens with zero attached hydrogens (tertiary/aromatic N) is 2. The first kappa shape index (κ1) is 19.5. The summed E-state index contributed by atoms with van der Waals surface area (Å²) in [5.74, 6) is 1.87. The van der Waals surface area contributed by atoms with Gasteiger partial charge in [0.1, 0.15) is 0 Å². The number of rotatable bonds is 10. The van der Waals surface area contributed by atoms with Crippen LogP contribution in [0.5, 0.6) is 0 Å². The van der Waals surface area contributed by atoms with E-state index in [2.05, 4.69) is 22.5 Å². The monoisotopic (exact) mass is 346 g/mol. The molecule has 1 aliphatic rings. The zero-order chi connectivity index (χ0) is 17.7. The maximum atomic E-state index is 11.6. The van der Waals surface area contributed by atoms with Crippen molar-refractivity contribution in [2.45, 2.75) is 64.8 Å². The van der Waals surface area contributed by atoms with E-state index in [1.165, 1.54) is 38.5 Å². The van der Waals surface area contributed by atoms with E-state index in [1.54, 1.807) is 16.7 Å². The van der Waals surface area contributed by atoms with Gasteiger partial charge >= 0.3 is 0 Å². The van der Waals surface area contributed by atoms with Gasteiger partial charge in [-0.1, -0.05) is 31.7 Å². The van der Waals surface area contributed by atoms with Gasteiger partial charge in [-0.15, -0.1) is 0 Å². The number of hydrogen-bond acceptors (Lipinski definition) is 2. The minimum atomic E-state index is 0.0765. The third-order valence-electron chi connectivity index (χ3n) is 4.88. The van der Waals surface area contributed by atoms with E-state index in [0.29, 0.717) is 0 Å². The second-order valence-corrected chi connectivity index (χ2v) is 6.92. The lowest BCUT2D eigenvalue weighted by Gasteiger charge is -2.12. The summed E-state index contributed by atoms with van der Waals surface area (Å²) in [7, 11) is 0. The van der Waals surface area contributed by atoms with Crippen molar-refractivity contribution in [3.8, 4) is 0 Å². The van der Waals surface area contributed by atoms with Gasteiger partial charge in [0.2, 0.25) is 5.56 Å². The first-order valence-corrected chi connectivity index (χ1v) is 9.97. The number of aliphatic imine (C=N–C) groups is 1. The molecule has 140 valence electrons. The van der Waals surface area contributed by atoms with E-state index < -0.39 is 0 Å². The highest BCUT2D eigenvalue weighted by atomic mass is 16.1. The fourth-order valence-electron chi connectivity index (χ4n) is 3.47. The van der Waals surface area contributed by atoms with E-state index in [-0.39, 0.29) is 5.56 Å². The van der Waals surface area contributed by atoms with Crippen molar-refractivity contribution in [1.29, 1.82) is 0 Å². The van der Waals surface area contributed by atoms with Crippen LogP contribution in [0.2, 0.25) is 0 Å². The van der Waals surface area contributed by atoms with Crippen molar-refractivity contribution < 1.29 is 0 Å². The van der Waals surface area contributed by atoms with Gasteiger partial charge in [0.05, 0.1) is 0 Å². The van der Waals surface area contributed by atoms with Crippen LogP contribution in [0.3, 0.4) is 0 Å². The number of unbranched alkanes of at least 4 members (excludes halogenated alkanes) is 1. The molecule has 0 bridgehead atoms. The minimum Gasteiger partial charge on any atom is -0.357 e. The molecule has 1 heterocycles. The normalized spacial score (nSPS) is 15.5. The van der Waals surface area contributed by atoms with E-state index in [0.717, 1.165) is 50.9 Å². The lowest BCUT2D eigenvalue weighted by Crippen LogP contribution is -2.38. The molecule has 0 unspecified atom stereocenters. The largest absolute Gasteiger partial charge is 0.357 e. The fourth-order valence-corrected chi connectivity index (χ4v) is 3.47. The van der Waals surface area contributed by atoms with Gasteiger partial charge in [-0.05, 0) is 44.6 Å². The number of aromatic nitrogens is 1. The molecule has 0 amide bonds. The van der Waals surface area contributed by atoms with Gasteiger partial charge in [0, 0.05) is 38.4 Å². The molecule has 0 saturated heterocycles. The molecule has 5 nitrogen and oxygen atoms in total. The summed E-state index contributed by atoms with van der Waals surface area (Å²) in [5, 5.41) is 6.71. The molecule has 1 aromatic rings. The quantitative estimate of drug-likeness (QED) is 0.389. The fraction of sp³-hybridized carbons (Fsp3) is 0.700. The highest BCUT2D eigenvalue weighted by molar-refractivity contribution is 5.79. The molecule has 0 atom stereocenters.